The van der Waals surface area contributed by atoms with E-state index in [9.17, 15) is 0 Å². The smallest absolute Gasteiger partial charge is 0.125 e. The molecule has 0 spiro atoms. The number of aryl methyl sites for hydroxylation is 1. The average molecular weight is 163 g/mol. The lowest BCUT2D eigenvalue weighted by Gasteiger charge is -2.04. The fourth-order valence-electron chi connectivity index (χ4n) is 1.08. The van der Waals surface area contributed by atoms with Crippen molar-refractivity contribution in [2.75, 3.05) is 7.05 Å². The third kappa shape index (κ3) is 1.61. The number of hydrogen-bond acceptors (Lipinski definition) is 2. The van der Waals surface area contributed by atoms with Crippen LogP contribution >= 0.6 is 0 Å². The summed E-state index contributed by atoms with van der Waals surface area (Å²) >= 11 is 0. The predicted octanol–water partition coefficient (Wildman–Crippen LogP) is 0.979. The van der Waals surface area contributed by atoms with Crippen LogP contribution in [-0.2, 0) is 6.42 Å². The molecule has 12 heavy (non-hydrogen) atoms. The second-order valence-corrected chi connectivity index (χ2v) is 2.50. The van der Waals surface area contributed by atoms with E-state index in [2.05, 4.69) is 16.9 Å². The number of pyridine rings is 1. The minimum atomic E-state index is 0.578. The molecular formula is C9H13N3. The fourth-order valence-corrected chi connectivity index (χ4v) is 1.08. The fraction of sp³-hybridized carbons (Fsp3) is 0.333. The van der Waals surface area contributed by atoms with E-state index in [1.807, 2.05) is 12.3 Å². The van der Waals surface area contributed by atoms with E-state index in [-0.39, 0.29) is 0 Å². The SMILES string of the molecule is CCc1cnccc1C(N)=NC. The Labute approximate surface area is 72.3 Å². The Hall–Kier alpha value is -1.38. The van der Waals surface area contributed by atoms with Crippen molar-refractivity contribution in [2.45, 2.75) is 13.3 Å². The number of nitrogens with zero attached hydrogens (tertiary/aromatic N) is 2. The second kappa shape index (κ2) is 3.85. The first-order valence-electron chi connectivity index (χ1n) is 3.95. The van der Waals surface area contributed by atoms with Crippen molar-refractivity contribution < 1.29 is 0 Å². The zero-order chi connectivity index (χ0) is 8.97. The van der Waals surface area contributed by atoms with Crippen LogP contribution in [0.2, 0.25) is 0 Å². The van der Waals surface area contributed by atoms with Gasteiger partial charge in [-0.15, -0.1) is 0 Å². The quantitative estimate of drug-likeness (QED) is 0.522. The predicted molar refractivity (Wildman–Crippen MR) is 50.3 cm³/mol. The highest BCUT2D eigenvalue weighted by Gasteiger charge is 2.02. The number of rotatable bonds is 2. The average Bonchev–Trinajstić information content (AvgIpc) is 2.16. The molecule has 1 aromatic heterocycles. The molecule has 64 valence electrons. The maximum atomic E-state index is 5.69. The molecule has 0 fully saturated rings. The van der Waals surface area contributed by atoms with Gasteiger partial charge in [-0.25, -0.2) is 0 Å². The van der Waals surface area contributed by atoms with E-state index >= 15 is 0 Å². The van der Waals surface area contributed by atoms with Crippen molar-refractivity contribution in [1.82, 2.24) is 4.98 Å². The molecule has 0 aliphatic carbocycles. The molecule has 0 saturated carbocycles. The lowest BCUT2D eigenvalue weighted by Crippen LogP contribution is -2.15. The van der Waals surface area contributed by atoms with Crippen molar-refractivity contribution in [3.63, 3.8) is 0 Å². The number of hydrogen-bond donors (Lipinski definition) is 1. The zero-order valence-corrected chi connectivity index (χ0v) is 7.41. The Morgan fingerprint density at radius 3 is 3.00 bits per heavy atom. The van der Waals surface area contributed by atoms with Crippen molar-refractivity contribution in [1.29, 1.82) is 0 Å². The highest BCUT2D eigenvalue weighted by molar-refractivity contribution is 5.98. The third-order valence-electron chi connectivity index (χ3n) is 1.80. The minimum absolute atomic E-state index is 0.578. The number of nitrogens with two attached hydrogens (primary N) is 1. The summed E-state index contributed by atoms with van der Waals surface area (Å²) in [4.78, 5) is 7.96. The summed E-state index contributed by atoms with van der Waals surface area (Å²) in [5, 5.41) is 0. The van der Waals surface area contributed by atoms with Gasteiger partial charge < -0.3 is 5.73 Å². The molecule has 3 nitrogen and oxygen atoms in total. The van der Waals surface area contributed by atoms with Crippen LogP contribution in [0.3, 0.4) is 0 Å². The van der Waals surface area contributed by atoms with Gasteiger partial charge in [-0.3, -0.25) is 9.98 Å². The Kier molecular flexibility index (Phi) is 2.80. The molecule has 0 amide bonds. The summed E-state index contributed by atoms with van der Waals surface area (Å²) in [6.07, 6.45) is 4.49. The molecular weight excluding hydrogens is 150 g/mol. The molecule has 0 aromatic carbocycles. The standard InChI is InChI=1S/C9H13N3/c1-3-7-6-12-5-4-8(7)9(10)11-2/h4-6H,3H2,1-2H3,(H2,10,11). The van der Waals surface area contributed by atoms with Gasteiger partial charge in [0.05, 0.1) is 0 Å². The van der Waals surface area contributed by atoms with Gasteiger partial charge in [0.1, 0.15) is 5.84 Å². The first-order valence-corrected chi connectivity index (χ1v) is 3.95. The molecule has 2 N–H and O–H groups in total. The van der Waals surface area contributed by atoms with E-state index in [0.717, 1.165) is 17.5 Å². The summed E-state index contributed by atoms with van der Waals surface area (Å²) in [5.74, 6) is 0.578. The van der Waals surface area contributed by atoms with Gasteiger partial charge in [-0.05, 0) is 18.1 Å². The molecule has 0 bridgehead atoms. The molecule has 0 aliphatic heterocycles. The van der Waals surface area contributed by atoms with Gasteiger partial charge in [0.15, 0.2) is 0 Å². The highest BCUT2D eigenvalue weighted by atomic mass is 14.8. The van der Waals surface area contributed by atoms with Gasteiger partial charge >= 0.3 is 0 Å². The van der Waals surface area contributed by atoms with Crippen LogP contribution in [0, 0.1) is 0 Å². The highest BCUT2D eigenvalue weighted by Crippen LogP contribution is 2.06. The van der Waals surface area contributed by atoms with Gasteiger partial charge in [0, 0.05) is 25.0 Å². The normalized spacial score (nSPS) is 11.7. The molecule has 0 atom stereocenters. The Balaban J connectivity index is 3.13. The van der Waals surface area contributed by atoms with Gasteiger partial charge in [-0.2, -0.15) is 0 Å². The van der Waals surface area contributed by atoms with Crippen molar-refractivity contribution in [2.24, 2.45) is 10.7 Å². The summed E-state index contributed by atoms with van der Waals surface area (Å²) in [6.45, 7) is 2.07. The minimum Gasteiger partial charge on any atom is -0.384 e. The Morgan fingerprint density at radius 1 is 1.67 bits per heavy atom. The lowest BCUT2D eigenvalue weighted by atomic mass is 10.1. The second-order valence-electron chi connectivity index (χ2n) is 2.50. The van der Waals surface area contributed by atoms with Crippen LogP contribution < -0.4 is 5.73 Å². The van der Waals surface area contributed by atoms with E-state index in [1.54, 1.807) is 13.2 Å². The number of aromatic nitrogens is 1. The molecule has 0 saturated heterocycles. The van der Waals surface area contributed by atoms with Gasteiger partial charge in [0.25, 0.3) is 0 Å². The van der Waals surface area contributed by atoms with Crippen LogP contribution in [0.5, 0.6) is 0 Å². The van der Waals surface area contributed by atoms with Crippen molar-refractivity contribution >= 4 is 5.84 Å². The van der Waals surface area contributed by atoms with Crippen LogP contribution in [0.25, 0.3) is 0 Å². The van der Waals surface area contributed by atoms with Crippen LogP contribution in [-0.4, -0.2) is 17.9 Å². The van der Waals surface area contributed by atoms with Crippen molar-refractivity contribution in [3.8, 4) is 0 Å². The summed E-state index contributed by atoms with van der Waals surface area (Å²) in [7, 11) is 1.69. The van der Waals surface area contributed by atoms with E-state index in [4.69, 9.17) is 5.73 Å². The maximum absolute atomic E-state index is 5.69. The largest absolute Gasteiger partial charge is 0.384 e. The molecule has 0 aliphatic rings. The van der Waals surface area contributed by atoms with Crippen molar-refractivity contribution in [3.05, 3.63) is 29.6 Å². The van der Waals surface area contributed by atoms with Gasteiger partial charge in [-0.1, -0.05) is 6.92 Å². The van der Waals surface area contributed by atoms with Gasteiger partial charge in [0.2, 0.25) is 0 Å². The monoisotopic (exact) mass is 163 g/mol. The molecule has 0 radical (unpaired) electrons. The summed E-state index contributed by atoms with van der Waals surface area (Å²) in [6, 6.07) is 1.89. The number of aliphatic imine (C=N–C) groups is 1. The van der Waals surface area contributed by atoms with Crippen LogP contribution in [0.15, 0.2) is 23.5 Å². The van der Waals surface area contributed by atoms with E-state index in [1.165, 1.54) is 0 Å². The summed E-state index contributed by atoms with van der Waals surface area (Å²) < 4.78 is 0. The van der Waals surface area contributed by atoms with Crippen LogP contribution in [0.1, 0.15) is 18.1 Å². The third-order valence-corrected chi connectivity index (χ3v) is 1.80. The molecule has 3 heteroatoms. The van der Waals surface area contributed by atoms with E-state index in [0.29, 0.717) is 5.84 Å². The molecule has 0 unspecified atom stereocenters. The van der Waals surface area contributed by atoms with E-state index < -0.39 is 0 Å². The Morgan fingerprint density at radius 2 is 2.42 bits per heavy atom. The van der Waals surface area contributed by atoms with Crippen LogP contribution in [0.4, 0.5) is 0 Å². The first kappa shape index (κ1) is 8.71. The lowest BCUT2D eigenvalue weighted by molar-refractivity contribution is 1.09. The summed E-state index contributed by atoms with van der Waals surface area (Å²) in [5.41, 5.74) is 7.83. The number of amidine groups is 1. The topological polar surface area (TPSA) is 51.3 Å². The molecule has 1 heterocycles. The molecule has 1 aromatic rings. The molecule has 1 rings (SSSR count). The Bertz CT molecular complexity index is 292. The zero-order valence-electron chi connectivity index (χ0n) is 7.41. The maximum Gasteiger partial charge on any atom is 0.125 e. The first-order chi connectivity index (χ1) is 5.79.